The Morgan fingerprint density at radius 1 is 1.23 bits per heavy atom. The Morgan fingerprint density at radius 3 is 2.38 bits per heavy atom. The summed E-state index contributed by atoms with van der Waals surface area (Å²) in [7, 11) is 1.53. The van der Waals surface area contributed by atoms with Crippen molar-refractivity contribution in [2.24, 2.45) is 5.73 Å². The molecule has 2 N–H and O–H groups in total. The zero-order chi connectivity index (χ0) is 9.52. The first kappa shape index (κ1) is 10.4. The molecule has 0 unspecified atom stereocenters. The van der Waals surface area contributed by atoms with Crippen molar-refractivity contribution in [2.45, 2.75) is 19.0 Å². The molecule has 2 nitrogen and oxygen atoms in total. The van der Waals surface area contributed by atoms with Crippen molar-refractivity contribution in [2.75, 3.05) is 7.11 Å². The number of aryl methyl sites for hydroxylation is 1. The summed E-state index contributed by atoms with van der Waals surface area (Å²) < 4.78 is 5.13. The Hall–Kier alpha value is -0.643. The summed E-state index contributed by atoms with van der Waals surface area (Å²) >= 11 is 0. The maximum Gasteiger partial charge on any atom is 0.161 e. The van der Waals surface area contributed by atoms with Gasteiger partial charge in [-0.3, -0.25) is 0 Å². The van der Waals surface area contributed by atoms with Crippen LogP contribution in [-0.2, 0) is 17.4 Å². The van der Waals surface area contributed by atoms with Crippen LogP contribution in [0, 0.1) is 0 Å². The van der Waals surface area contributed by atoms with Crippen LogP contribution in [0.3, 0.4) is 0 Å². The average Bonchev–Trinajstić information content (AvgIpc) is 2.19. The van der Waals surface area contributed by atoms with E-state index >= 15 is 0 Å². The van der Waals surface area contributed by atoms with Crippen LogP contribution in [0.1, 0.15) is 11.1 Å². The van der Waals surface area contributed by atoms with Gasteiger partial charge in [0.1, 0.15) is 0 Å². The molecule has 72 valence electrons. The van der Waals surface area contributed by atoms with Gasteiger partial charge in [-0.25, -0.2) is 0 Å². The first-order valence-electron chi connectivity index (χ1n) is 4.63. The minimum absolute atomic E-state index is 0.262. The van der Waals surface area contributed by atoms with Crippen LogP contribution in [0.4, 0.5) is 0 Å². The molecule has 0 fully saturated rings. The molecular weight excluding hydrogens is 178 g/mol. The molecule has 3 heteroatoms. The zero-order valence-corrected chi connectivity index (χ0v) is 9.54. The number of hydrogen-bond acceptors (Lipinski definition) is 2. The smallest absolute Gasteiger partial charge is 0.161 e. The van der Waals surface area contributed by atoms with Crippen LogP contribution in [-0.4, -0.2) is 16.9 Å². The lowest BCUT2D eigenvalue weighted by atomic mass is 10.1. The SMILES string of the molecule is CO[SiH2]CCc1ccc(CN)cc1. The fourth-order valence-corrected chi connectivity index (χ4v) is 2.10. The molecule has 0 amide bonds. The summed E-state index contributed by atoms with van der Waals surface area (Å²) in [5.74, 6) is 0. The van der Waals surface area contributed by atoms with Gasteiger partial charge in [0.2, 0.25) is 0 Å². The number of rotatable bonds is 5. The van der Waals surface area contributed by atoms with Gasteiger partial charge in [-0.2, -0.15) is 0 Å². The molecule has 1 rings (SSSR count). The Balaban J connectivity index is 2.40. The van der Waals surface area contributed by atoms with E-state index < -0.39 is 0 Å². The van der Waals surface area contributed by atoms with E-state index in [1.165, 1.54) is 17.2 Å². The lowest BCUT2D eigenvalue weighted by Crippen LogP contribution is -1.98. The van der Waals surface area contributed by atoms with E-state index in [0.29, 0.717) is 6.54 Å². The first-order valence-corrected chi connectivity index (χ1v) is 6.21. The van der Waals surface area contributed by atoms with Gasteiger partial charge < -0.3 is 10.2 Å². The molecule has 1 aromatic rings. The maximum atomic E-state index is 5.51. The minimum atomic E-state index is -0.262. The zero-order valence-electron chi connectivity index (χ0n) is 8.12. The standard InChI is InChI=1S/C10H17NOSi/c1-12-13-7-6-9-2-4-10(8-11)5-3-9/h2-5H,6-8,11,13H2,1H3. The van der Waals surface area contributed by atoms with Gasteiger partial charge >= 0.3 is 0 Å². The number of nitrogens with two attached hydrogens (primary N) is 1. The Bertz CT molecular complexity index is 235. The summed E-state index contributed by atoms with van der Waals surface area (Å²) in [6.07, 6.45) is 1.14. The molecule has 1 aromatic carbocycles. The van der Waals surface area contributed by atoms with Gasteiger partial charge in [0.15, 0.2) is 9.76 Å². The van der Waals surface area contributed by atoms with E-state index in [1.807, 2.05) is 0 Å². The lowest BCUT2D eigenvalue weighted by molar-refractivity contribution is 0.440. The fraction of sp³-hybridized carbons (Fsp3) is 0.400. The lowest BCUT2D eigenvalue weighted by Gasteiger charge is -2.01. The third kappa shape index (κ3) is 3.72. The maximum absolute atomic E-state index is 5.51. The van der Waals surface area contributed by atoms with E-state index in [2.05, 4.69) is 24.3 Å². The van der Waals surface area contributed by atoms with Gasteiger partial charge in [0.25, 0.3) is 0 Å². The van der Waals surface area contributed by atoms with Crippen molar-refractivity contribution < 1.29 is 4.43 Å². The molecule has 0 bridgehead atoms. The molecule has 0 aliphatic heterocycles. The van der Waals surface area contributed by atoms with Crippen molar-refractivity contribution in [1.82, 2.24) is 0 Å². The van der Waals surface area contributed by atoms with Crippen molar-refractivity contribution in [3.8, 4) is 0 Å². The number of hydrogen-bond donors (Lipinski definition) is 1. The third-order valence-electron chi connectivity index (χ3n) is 2.07. The summed E-state index contributed by atoms with van der Waals surface area (Å²) in [4.78, 5) is 0. The van der Waals surface area contributed by atoms with Crippen molar-refractivity contribution in [3.63, 3.8) is 0 Å². The quantitative estimate of drug-likeness (QED) is 0.558. The molecule has 0 aromatic heterocycles. The van der Waals surface area contributed by atoms with Gasteiger partial charge in [0, 0.05) is 13.7 Å². The highest BCUT2D eigenvalue weighted by Crippen LogP contribution is 2.06. The monoisotopic (exact) mass is 195 g/mol. The van der Waals surface area contributed by atoms with E-state index in [4.69, 9.17) is 10.2 Å². The van der Waals surface area contributed by atoms with E-state index in [1.54, 1.807) is 7.11 Å². The van der Waals surface area contributed by atoms with Crippen molar-refractivity contribution >= 4 is 9.76 Å². The predicted molar refractivity (Wildman–Crippen MR) is 58.4 cm³/mol. The topological polar surface area (TPSA) is 35.2 Å². The van der Waals surface area contributed by atoms with Crippen molar-refractivity contribution in [3.05, 3.63) is 35.4 Å². The second-order valence-corrected chi connectivity index (χ2v) is 4.81. The van der Waals surface area contributed by atoms with E-state index in [-0.39, 0.29) is 9.76 Å². The van der Waals surface area contributed by atoms with Crippen LogP contribution >= 0.6 is 0 Å². The molecule has 0 heterocycles. The first-order chi connectivity index (χ1) is 6.36. The van der Waals surface area contributed by atoms with Crippen molar-refractivity contribution in [1.29, 1.82) is 0 Å². The summed E-state index contributed by atoms with van der Waals surface area (Å²) in [5.41, 5.74) is 8.10. The van der Waals surface area contributed by atoms with Gasteiger partial charge in [-0.15, -0.1) is 0 Å². The fourth-order valence-electron chi connectivity index (χ4n) is 1.26. The van der Waals surface area contributed by atoms with Crippen LogP contribution in [0.15, 0.2) is 24.3 Å². The molecule has 0 saturated carbocycles. The molecule has 0 saturated heterocycles. The molecular formula is C10H17NOSi. The molecule has 0 spiro atoms. The predicted octanol–water partition coefficient (Wildman–Crippen LogP) is 0.836. The van der Waals surface area contributed by atoms with Gasteiger partial charge in [-0.05, 0) is 23.6 Å². The summed E-state index contributed by atoms with van der Waals surface area (Å²) in [6, 6.07) is 9.74. The molecule has 13 heavy (non-hydrogen) atoms. The Morgan fingerprint density at radius 2 is 1.85 bits per heavy atom. The second-order valence-electron chi connectivity index (χ2n) is 3.12. The van der Waals surface area contributed by atoms with Gasteiger partial charge in [-0.1, -0.05) is 24.3 Å². The van der Waals surface area contributed by atoms with Crippen LogP contribution in [0.2, 0.25) is 6.04 Å². The summed E-state index contributed by atoms with van der Waals surface area (Å²) in [6.45, 7) is 0.632. The normalized spacial score (nSPS) is 11.2. The highest BCUT2D eigenvalue weighted by molar-refractivity contribution is 6.26. The summed E-state index contributed by atoms with van der Waals surface area (Å²) in [5, 5.41) is 0. The Kier molecular flexibility index (Phi) is 4.75. The Labute approximate surface area is 82.0 Å². The molecule has 0 radical (unpaired) electrons. The molecule has 0 atom stereocenters. The van der Waals surface area contributed by atoms with E-state index in [9.17, 15) is 0 Å². The third-order valence-corrected chi connectivity index (χ3v) is 3.12. The van der Waals surface area contributed by atoms with Crippen LogP contribution < -0.4 is 5.73 Å². The molecule has 0 aliphatic rings. The average molecular weight is 195 g/mol. The minimum Gasteiger partial charge on any atom is -0.427 e. The number of benzene rings is 1. The highest BCUT2D eigenvalue weighted by atomic mass is 28.2. The second kappa shape index (κ2) is 5.91. The van der Waals surface area contributed by atoms with Crippen LogP contribution in [0.5, 0.6) is 0 Å². The largest absolute Gasteiger partial charge is 0.427 e. The van der Waals surface area contributed by atoms with Crippen LogP contribution in [0.25, 0.3) is 0 Å². The van der Waals surface area contributed by atoms with Gasteiger partial charge in [0.05, 0.1) is 0 Å². The highest BCUT2D eigenvalue weighted by Gasteiger charge is 1.93. The van der Waals surface area contributed by atoms with E-state index in [0.717, 1.165) is 6.42 Å². The molecule has 0 aliphatic carbocycles.